The number of hydrogen-bond donors (Lipinski definition) is 3. The standard InChI is InChI=1S/C12H17N5O2S2/c1-4-14-11(18)9-8(13)10(20-3)12(21-9)15-5-7-16-6(2)19-17-7/h15H,4-5,13H2,1-3H3,(H,14,18). The minimum absolute atomic E-state index is 0.154. The third kappa shape index (κ3) is 3.48. The predicted octanol–water partition coefficient (Wildman–Crippen LogP) is 2.11. The molecule has 0 aromatic carbocycles. The molecule has 0 bridgehead atoms. The lowest BCUT2D eigenvalue weighted by molar-refractivity contribution is 0.0960. The van der Waals surface area contributed by atoms with E-state index in [1.54, 1.807) is 6.92 Å². The molecule has 2 heterocycles. The Labute approximate surface area is 130 Å². The zero-order valence-electron chi connectivity index (χ0n) is 12.0. The van der Waals surface area contributed by atoms with E-state index < -0.39 is 0 Å². The average Bonchev–Trinajstić information content (AvgIpc) is 3.00. The van der Waals surface area contributed by atoms with E-state index in [1.165, 1.54) is 23.1 Å². The van der Waals surface area contributed by atoms with Gasteiger partial charge in [-0.3, -0.25) is 4.79 Å². The van der Waals surface area contributed by atoms with Crippen molar-refractivity contribution in [3.8, 4) is 0 Å². The minimum atomic E-state index is -0.154. The number of carbonyl (C=O) groups is 1. The summed E-state index contributed by atoms with van der Waals surface area (Å²) in [7, 11) is 0. The molecular formula is C12H17N5O2S2. The highest BCUT2D eigenvalue weighted by molar-refractivity contribution is 7.99. The monoisotopic (exact) mass is 327 g/mol. The van der Waals surface area contributed by atoms with E-state index in [4.69, 9.17) is 10.3 Å². The van der Waals surface area contributed by atoms with E-state index in [-0.39, 0.29) is 5.91 Å². The molecule has 7 nitrogen and oxygen atoms in total. The summed E-state index contributed by atoms with van der Waals surface area (Å²) < 4.78 is 4.92. The maximum Gasteiger partial charge on any atom is 0.263 e. The molecule has 21 heavy (non-hydrogen) atoms. The Morgan fingerprint density at radius 1 is 1.52 bits per heavy atom. The molecule has 0 radical (unpaired) electrons. The van der Waals surface area contributed by atoms with Crippen molar-refractivity contribution in [2.24, 2.45) is 0 Å². The molecule has 4 N–H and O–H groups in total. The van der Waals surface area contributed by atoms with Crippen LogP contribution in [0.4, 0.5) is 10.7 Å². The van der Waals surface area contributed by atoms with Crippen LogP contribution in [0.15, 0.2) is 9.42 Å². The van der Waals surface area contributed by atoms with Gasteiger partial charge in [-0.2, -0.15) is 4.98 Å². The first kappa shape index (κ1) is 15.6. The number of carbonyl (C=O) groups excluding carboxylic acids is 1. The number of hydrogen-bond acceptors (Lipinski definition) is 8. The van der Waals surface area contributed by atoms with Crippen LogP contribution in [0.3, 0.4) is 0 Å². The van der Waals surface area contributed by atoms with Crippen molar-refractivity contribution >= 4 is 39.7 Å². The Morgan fingerprint density at radius 3 is 2.86 bits per heavy atom. The lowest BCUT2D eigenvalue weighted by atomic mass is 10.3. The molecule has 114 valence electrons. The molecule has 0 aliphatic carbocycles. The van der Waals surface area contributed by atoms with E-state index in [1.807, 2.05) is 13.2 Å². The molecule has 0 saturated carbocycles. The molecule has 0 unspecified atom stereocenters. The SMILES string of the molecule is CCNC(=O)c1sc(NCc2noc(C)n2)c(SC)c1N. The van der Waals surface area contributed by atoms with E-state index >= 15 is 0 Å². The molecule has 0 spiro atoms. The van der Waals surface area contributed by atoms with E-state index in [2.05, 4.69) is 20.8 Å². The van der Waals surface area contributed by atoms with Crippen LogP contribution in [0.2, 0.25) is 0 Å². The molecular weight excluding hydrogens is 310 g/mol. The topological polar surface area (TPSA) is 106 Å². The van der Waals surface area contributed by atoms with Gasteiger partial charge in [0.2, 0.25) is 5.89 Å². The maximum absolute atomic E-state index is 12.0. The van der Waals surface area contributed by atoms with Gasteiger partial charge in [0.1, 0.15) is 9.88 Å². The lowest BCUT2D eigenvalue weighted by Gasteiger charge is -2.03. The normalized spacial score (nSPS) is 10.6. The van der Waals surface area contributed by atoms with Crippen molar-refractivity contribution in [3.05, 3.63) is 16.6 Å². The van der Waals surface area contributed by atoms with Crippen LogP contribution in [0.5, 0.6) is 0 Å². The van der Waals surface area contributed by atoms with Gasteiger partial charge in [0, 0.05) is 13.5 Å². The number of aryl methyl sites for hydroxylation is 1. The number of rotatable bonds is 6. The van der Waals surface area contributed by atoms with E-state index in [9.17, 15) is 4.79 Å². The first-order valence-corrected chi connectivity index (χ1v) is 8.38. The van der Waals surface area contributed by atoms with Crippen molar-refractivity contribution in [1.82, 2.24) is 15.5 Å². The number of amides is 1. The molecule has 0 aliphatic heterocycles. The Bertz CT molecular complexity index is 638. The molecule has 0 fully saturated rings. The minimum Gasteiger partial charge on any atom is -0.396 e. The smallest absolute Gasteiger partial charge is 0.263 e. The third-order valence-electron chi connectivity index (χ3n) is 2.62. The zero-order chi connectivity index (χ0) is 15.4. The van der Waals surface area contributed by atoms with E-state index in [0.29, 0.717) is 35.4 Å². The van der Waals surface area contributed by atoms with Gasteiger partial charge in [0.25, 0.3) is 5.91 Å². The quantitative estimate of drug-likeness (QED) is 0.698. The van der Waals surface area contributed by atoms with Gasteiger partial charge in [0.05, 0.1) is 17.1 Å². The van der Waals surface area contributed by atoms with Crippen molar-refractivity contribution < 1.29 is 9.32 Å². The van der Waals surface area contributed by atoms with Gasteiger partial charge >= 0.3 is 0 Å². The number of aromatic nitrogens is 2. The number of nitrogen functional groups attached to an aromatic ring is 1. The predicted molar refractivity (Wildman–Crippen MR) is 84.9 cm³/mol. The number of anilines is 2. The third-order valence-corrected chi connectivity index (χ3v) is 4.75. The van der Waals surface area contributed by atoms with Crippen LogP contribution in [-0.4, -0.2) is 28.8 Å². The highest BCUT2D eigenvalue weighted by Gasteiger charge is 2.20. The van der Waals surface area contributed by atoms with Gasteiger partial charge in [-0.15, -0.1) is 23.1 Å². The Hall–Kier alpha value is -1.74. The summed E-state index contributed by atoms with van der Waals surface area (Å²) in [6.45, 7) is 4.59. The number of nitrogens with two attached hydrogens (primary N) is 1. The Balaban J connectivity index is 2.18. The molecule has 2 rings (SSSR count). The molecule has 0 atom stereocenters. The highest BCUT2D eigenvalue weighted by atomic mass is 32.2. The number of thiophene rings is 1. The maximum atomic E-state index is 12.0. The molecule has 0 saturated heterocycles. The van der Waals surface area contributed by atoms with Gasteiger partial charge in [-0.25, -0.2) is 0 Å². The second kappa shape index (κ2) is 6.81. The van der Waals surface area contributed by atoms with Gasteiger partial charge < -0.3 is 20.9 Å². The molecule has 9 heteroatoms. The van der Waals surface area contributed by atoms with Crippen molar-refractivity contribution in [2.45, 2.75) is 25.3 Å². The first-order chi connectivity index (χ1) is 10.1. The van der Waals surface area contributed by atoms with Crippen LogP contribution < -0.4 is 16.4 Å². The fourth-order valence-corrected chi connectivity index (χ4v) is 3.68. The fraction of sp³-hybridized carbons (Fsp3) is 0.417. The number of nitrogens with zero attached hydrogens (tertiary/aromatic N) is 2. The van der Waals surface area contributed by atoms with Crippen molar-refractivity contribution in [1.29, 1.82) is 0 Å². The lowest BCUT2D eigenvalue weighted by Crippen LogP contribution is -2.22. The zero-order valence-corrected chi connectivity index (χ0v) is 13.7. The summed E-state index contributed by atoms with van der Waals surface area (Å²) in [5.41, 5.74) is 6.56. The average molecular weight is 327 g/mol. The first-order valence-electron chi connectivity index (χ1n) is 6.34. The molecule has 0 aliphatic rings. The van der Waals surface area contributed by atoms with Crippen LogP contribution in [0.1, 0.15) is 28.3 Å². The fourth-order valence-electron chi connectivity index (χ4n) is 1.73. The number of thioether (sulfide) groups is 1. The van der Waals surface area contributed by atoms with Crippen LogP contribution in [0, 0.1) is 6.92 Å². The Kier molecular flexibility index (Phi) is 5.07. The van der Waals surface area contributed by atoms with Crippen LogP contribution >= 0.6 is 23.1 Å². The summed E-state index contributed by atoms with van der Waals surface area (Å²) in [6.07, 6.45) is 1.92. The van der Waals surface area contributed by atoms with Crippen molar-refractivity contribution in [3.63, 3.8) is 0 Å². The van der Waals surface area contributed by atoms with Gasteiger partial charge in [-0.05, 0) is 13.2 Å². The summed E-state index contributed by atoms with van der Waals surface area (Å²) in [5.74, 6) is 0.926. The summed E-state index contributed by atoms with van der Waals surface area (Å²) >= 11 is 2.83. The van der Waals surface area contributed by atoms with E-state index in [0.717, 1.165) is 9.90 Å². The molecule has 2 aromatic rings. The molecule has 2 aromatic heterocycles. The van der Waals surface area contributed by atoms with Crippen LogP contribution in [-0.2, 0) is 6.54 Å². The largest absolute Gasteiger partial charge is 0.396 e. The van der Waals surface area contributed by atoms with Crippen molar-refractivity contribution in [2.75, 3.05) is 23.9 Å². The number of nitrogens with one attached hydrogen (secondary N) is 2. The second-order valence-electron chi connectivity index (χ2n) is 4.15. The Morgan fingerprint density at radius 2 is 2.29 bits per heavy atom. The molecule has 1 amide bonds. The summed E-state index contributed by atoms with van der Waals surface area (Å²) in [6, 6.07) is 0. The summed E-state index contributed by atoms with van der Waals surface area (Å²) in [4.78, 5) is 17.5. The summed E-state index contributed by atoms with van der Waals surface area (Å²) in [5, 5.41) is 10.6. The highest BCUT2D eigenvalue weighted by Crippen LogP contribution is 2.41. The second-order valence-corrected chi connectivity index (χ2v) is 5.99. The van der Waals surface area contributed by atoms with Gasteiger partial charge in [-0.1, -0.05) is 5.16 Å². The van der Waals surface area contributed by atoms with Gasteiger partial charge in [0.15, 0.2) is 5.82 Å². The van der Waals surface area contributed by atoms with Crippen LogP contribution in [0.25, 0.3) is 0 Å².